The van der Waals surface area contributed by atoms with E-state index in [2.05, 4.69) is 10.3 Å². The minimum atomic E-state index is -0.502. The van der Waals surface area contributed by atoms with Gasteiger partial charge in [-0.1, -0.05) is 24.2 Å². The molecule has 0 atom stereocenters. The van der Waals surface area contributed by atoms with Crippen molar-refractivity contribution >= 4 is 11.5 Å². The molecule has 0 saturated heterocycles. The average molecular weight is 194 g/mol. The maximum atomic E-state index is 11.7. The molecule has 1 aliphatic carbocycles. The van der Waals surface area contributed by atoms with Crippen LogP contribution < -0.4 is 0 Å². The van der Waals surface area contributed by atoms with Crippen LogP contribution in [0.2, 0.25) is 0 Å². The highest BCUT2D eigenvalue weighted by molar-refractivity contribution is 6.48. The Balaban J connectivity index is 2.59. The number of hydrogen-bond acceptors (Lipinski definition) is 5. The molecular formula is C9H10N2O3. The number of rotatable bonds is 0. The van der Waals surface area contributed by atoms with Crippen molar-refractivity contribution in [1.82, 2.24) is 5.16 Å². The molecule has 1 heterocycles. The Kier molecular flexibility index (Phi) is 1.70. The third kappa shape index (κ3) is 1.05. The summed E-state index contributed by atoms with van der Waals surface area (Å²) in [6, 6.07) is 0. The molecule has 5 heteroatoms. The van der Waals surface area contributed by atoms with Gasteiger partial charge in [0.2, 0.25) is 5.78 Å². The van der Waals surface area contributed by atoms with Crippen LogP contribution in [0.4, 0.5) is 0 Å². The number of ketones is 1. The van der Waals surface area contributed by atoms with Crippen LogP contribution in [0, 0.1) is 5.41 Å². The molecule has 1 aromatic rings. The van der Waals surface area contributed by atoms with Crippen LogP contribution in [-0.2, 0) is 6.42 Å². The number of hydrogen-bond donors (Lipinski definition) is 1. The van der Waals surface area contributed by atoms with Gasteiger partial charge in [0.1, 0.15) is 11.5 Å². The lowest BCUT2D eigenvalue weighted by atomic mass is 9.75. The number of aromatic nitrogens is 1. The smallest absolute Gasteiger partial charge is 0.216 e. The van der Waals surface area contributed by atoms with E-state index < -0.39 is 5.41 Å². The lowest BCUT2D eigenvalue weighted by Gasteiger charge is -2.27. The van der Waals surface area contributed by atoms with E-state index in [0.29, 0.717) is 17.7 Å². The topological polar surface area (TPSA) is 75.7 Å². The molecule has 2 rings (SSSR count). The standard InChI is InChI=1S/C9H10N2O3/c1-9(2)3-6-5(4-10-14-6)7(12)8(9)11-13/h4,13H,3H2,1-2H3. The van der Waals surface area contributed by atoms with Gasteiger partial charge in [-0.15, -0.1) is 0 Å². The fourth-order valence-corrected chi connectivity index (χ4v) is 1.68. The Labute approximate surface area is 80.4 Å². The number of nitrogens with zero attached hydrogens (tertiary/aromatic N) is 2. The molecule has 0 aliphatic heterocycles. The van der Waals surface area contributed by atoms with Crippen molar-refractivity contribution in [3.8, 4) is 0 Å². The summed E-state index contributed by atoms with van der Waals surface area (Å²) < 4.78 is 4.95. The molecule has 14 heavy (non-hydrogen) atoms. The van der Waals surface area contributed by atoms with E-state index in [0.717, 1.165) is 0 Å². The highest BCUT2D eigenvalue weighted by Crippen LogP contribution is 2.32. The molecule has 1 aliphatic rings. The number of Topliss-reactive ketones (excluding diaryl/α,β-unsaturated/α-hetero) is 1. The monoisotopic (exact) mass is 194 g/mol. The van der Waals surface area contributed by atoms with Crippen molar-refractivity contribution in [2.75, 3.05) is 0 Å². The second-order valence-electron chi connectivity index (χ2n) is 4.00. The van der Waals surface area contributed by atoms with E-state index >= 15 is 0 Å². The highest BCUT2D eigenvalue weighted by Gasteiger charge is 2.40. The van der Waals surface area contributed by atoms with Crippen molar-refractivity contribution in [2.45, 2.75) is 20.3 Å². The van der Waals surface area contributed by atoms with Gasteiger partial charge in [0, 0.05) is 11.8 Å². The van der Waals surface area contributed by atoms with E-state index in [1.165, 1.54) is 6.20 Å². The van der Waals surface area contributed by atoms with Crippen molar-refractivity contribution in [1.29, 1.82) is 0 Å². The number of carbonyl (C=O) groups excluding carboxylic acids is 1. The Bertz CT molecular complexity index is 417. The predicted octanol–water partition coefficient (Wildman–Crippen LogP) is 1.27. The molecular weight excluding hydrogens is 184 g/mol. The Morgan fingerprint density at radius 1 is 1.64 bits per heavy atom. The minimum Gasteiger partial charge on any atom is -0.411 e. The number of carbonyl (C=O) groups is 1. The fourth-order valence-electron chi connectivity index (χ4n) is 1.68. The zero-order valence-electron chi connectivity index (χ0n) is 7.94. The molecule has 5 nitrogen and oxygen atoms in total. The maximum absolute atomic E-state index is 11.7. The summed E-state index contributed by atoms with van der Waals surface area (Å²) in [5.41, 5.74) is 0.0589. The molecule has 1 N–H and O–H groups in total. The molecule has 0 fully saturated rings. The maximum Gasteiger partial charge on any atom is 0.216 e. The van der Waals surface area contributed by atoms with Crippen LogP contribution >= 0.6 is 0 Å². The largest absolute Gasteiger partial charge is 0.411 e. The first-order valence-electron chi connectivity index (χ1n) is 4.27. The number of oxime groups is 1. The van der Waals surface area contributed by atoms with E-state index in [1.54, 1.807) is 0 Å². The van der Waals surface area contributed by atoms with E-state index in [-0.39, 0.29) is 11.5 Å². The Morgan fingerprint density at radius 2 is 2.36 bits per heavy atom. The summed E-state index contributed by atoms with van der Waals surface area (Å²) in [7, 11) is 0. The van der Waals surface area contributed by atoms with Gasteiger partial charge in [-0.25, -0.2) is 0 Å². The van der Waals surface area contributed by atoms with Gasteiger partial charge in [0.15, 0.2) is 0 Å². The first kappa shape index (κ1) is 8.93. The molecule has 74 valence electrons. The highest BCUT2D eigenvalue weighted by atomic mass is 16.5. The van der Waals surface area contributed by atoms with Crippen molar-refractivity contribution in [3.63, 3.8) is 0 Å². The molecule has 0 unspecified atom stereocenters. The van der Waals surface area contributed by atoms with Crippen LogP contribution in [0.5, 0.6) is 0 Å². The molecule has 0 aromatic carbocycles. The third-order valence-electron chi connectivity index (χ3n) is 2.45. The minimum absolute atomic E-state index is 0.160. The van der Waals surface area contributed by atoms with Gasteiger partial charge in [0.05, 0.1) is 11.8 Å². The zero-order valence-corrected chi connectivity index (χ0v) is 7.94. The summed E-state index contributed by atoms with van der Waals surface area (Å²) in [6.45, 7) is 3.65. The van der Waals surface area contributed by atoms with Gasteiger partial charge in [-0.3, -0.25) is 4.79 Å². The summed E-state index contributed by atoms with van der Waals surface area (Å²) in [4.78, 5) is 11.7. The predicted molar refractivity (Wildman–Crippen MR) is 47.5 cm³/mol. The van der Waals surface area contributed by atoms with Crippen LogP contribution in [0.25, 0.3) is 0 Å². The van der Waals surface area contributed by atoms with Crippen LogP contribution in [0.15, 0.2) is 15.9 Å². The van der Waals surface area contributed by atoms with Gasteiger partial charge in [-0.05, 0) is 0 Å². The van der Waals surface area contributed by atoms with Crippen LogP contribution in [0.3, 0.4) is 0 Å². The lowest BCUT2D eigenvalue weighted by Crippen LogP contribution is -2.38. The van der Waals surface area contributed by atoms with E-state index in [9.17, 15) is 4.79 Å². The zero-order chi connectivity index (χ0) is 10.3. The normalized spacial score (nSPS) is 22.4. The Hall–Kier alpha value is -1.65. The van der Waals surface area contributed by atoms with Crippen molar-refractivity contribution in [3.05, 3.63) is 17.5 Å². The summed E-state index contributed by atoms with van der Waals surface area (Å²) in [5.74, 6) is 0.257. The second-order valence-corrected chi connectivity index (χ2v) is 4.00. The van der Waals surface area contributed by atoms with E-state index in [4.69, 9.17) is 9.73 Å². The first-order chi connectivity index (χ1) is 6.56. The fraction of sp³-hybridized carbons (Fsp3) is 0.444. The summed E-state index contributed by atoms with van der Waals surface area (Å²) in [5, 5.41) is 15.4. The second kappa shape index (κ2) is 2.67. The van der Waals surface area contributed by atoms with Gasteiger partial charge in [-0.2, -0.15) is 0 Å². The average Bonchev–Trinajstić information content (AvgIpc) is 2.51. The van der Waals surface area contributed by atoms with Crippen molar-refractivity contribution < 1.29 is 14.5 Å². The summed E-state index contributed by atoms with van der Waals surface area (Å²) in [6.07, 6.45) is 1.88. The number of fused-ring (bicyclic) bond motifs is 1. The van der Waals surface area contributed by atoms with Crippen LogP contribution in [0.1, 0.15) is 30.0 Å². The lowest BCUT2D eigenvalue weighted by molar-refractivity contribution is 0.103. The molecule has 0 spiro atoms. The van der Waals surface area contributed by atoms with Gasteiger partial charge >= 0.3 is 0 Å². The molecule has 0 bridgehead atoms. The van der Waals surface area contributed by atoms with Gasteiger partial charge in [0.25, 0.3) is 0 Å². The molecule has 1 aromatic heterocycles. The summed E-state index contributed by atoms with van der Waals surface area (Å²) >= 11 is 0. The SMILES string of the molecule is CC1(C)Cc2oncc2C(=O)C1=NO. The van der Waals surface area contributed by atoms with E-state index in [1.807, 2.05) is 13.8 Å². The van der Waals surface area contributed by atoms with Crippen molar-refractivity contribution in [2.24, 2.45) is 10.6 Å². The quantitative estimate of drug-likeness (QED) is 0.498. The van der Waals surface area contributed by atoms with Gasteiger partial charge < -0.3 is 9.73 Å². The molecule has 0 amide bonds. The molecule has 0 saturated carbocycles. The molecule has 0 radical (unpaired) electrons. The Morgan fingerprint density at radius 3 is 3.00 bits per heavy atom. The van der Waals surface area contributed by atoms with Crippen LogP contribution in [-0.4, -0.2) is 21.9 Å². The first-order valence-corrected chi connectivity index (χ1v) is 4.27. The third-order valence-corrected chi connectivity index (χ3v) is 2.45.